The van der Waals surface area contributed by atoms with Gasteiger partial charge in [-0.3, -0.25) is 4.79 Å². The van der Waals surface area contributed by atoms with E-state index in [1.54, 1.807) is 0 Å². The first kappa shape index (κ1) is 19.4. The molecule has 0 saturated heterocycles. The van der Waals surface area contributed by atoms with Crippen molar-refractivity contribution >= 4 is 5.91 Å². The van der Waals surface area contributed by atoms with Gasteiger partial charge >= 0.3 is 0 Å². The van der Waals surface area contributed by atoms with Gasteiger partial charge in [-0.2, -0.15) is 0 Å². The molecule has 29 heavy (non-hydrogen) atoms. The molecular weight excluding hydrogens is 354 g/mol. The van der Waals surface area contributed by atoms with Crippen LogP contribution in [0.1, 0.15) is 64.0 Å². The van der Waals surface area contributed by atoms with Gasteiger partial charge in [0.2, 0.25) is 0 Å². The number of hydrogen-bond donors (Lipinski definition) is 1. The van der Waals surface area contributed by atoms with Crippen LogP contribution in [0.2, 0.25) is 0 Å². The molecule has 0 bridgehead atoms. The maximum atomic E-state index is 13.0. The van der Waals surface area contributed by atoms with Crippen molar-refractivity contribution in [2.75, 3.05) is 0 Å². The predicted octanol–water partition coefficient (Wildman–Crippen LogP) is 5.84. The number of fused-ring (bicyclic) bond motifs is 1. The summed E-state index contributed by atoms with van der Waals surface area (Å²) in [6.45, 7) is 2.08. The zero-order valence-electron chi connectivity index (χ0n) is 17.2. The second-order valence-electron chi connectivity index (χ2n) is 8.07. The molecule has 0 fully saturated rings. The lowest BCUT2D eigenvalue weighted by Crippen LogP contribution is -2.27. The molecular formula is C27H29NO. The lowest BCUT2D eigenvalue weighted by Gasteiger charge is -2.20. The second kappa shape index (κ2) is 9.09. The van der Waals surface area contributed by atoms with Crippen LogP contribution in [0.25, 0.3) is 0 Å². The van der Waals surface area contributed by atoms with Gasteiger partial charge in [0.25, 0.3) is 5.91 Å². The quantitative estimate of drug-likeness (QED) is 0.569. The Balaban J connectivity index is 1.45. The van der Waals surface area contributed by atoms with Crippen LogP contribution in [0.4, 0.5) is 0 Å². The molecule has 2 nitrogen and oxygen atoms in total. The lowest BCUT2D eigenvalue weighted by molar-refractivity contribution is 0.0939. The van der Waals surface area contributed by atoms with E-state index in [1.165, 1.54) is 41.5 Å². The monoisotopic (exact) mass is 383 g/mol. The van der Waals surface area contributed by atoms with E-state index < -0.39 is 0 Å². The third-order valence-electron chi connectivity index (χ3n) is 6.01. The number of aryl methyl sites for hydroxylation is 4. The normalized spacial score (nSPS) is 14.1. The van der Waals surface area contributed by atoms with Crippen molar-refractivity contribution in [1.82, 2.24) is 5.32 Å². The Morgan fingerprint density at radius 1 is 0.862 bits per heavy atom. The molecule has 0 saturated carbocycles. The van der Waals surface area contributed by atoms with Gasteiger partial charge in [0.05, 0.1) is 6.04 Å². The minimum absolute atomic E-state index is 0.00286. The van der Waals surface area contributed by atoms with Crippen molar-refractivity contribution in [1.29, 1.82) is 0 Å². The van der Waals surface area contributed by atoms with Gasteiger partial charge in [0, 0.05) is 5.56 Å². The van der Waals surface area contributed by atoms with Crippen LogP contribution in [-0.4, -0.2) is 5.91 Å². The topological polar surface area (TPSA) is 29.1 Å². The zero-order valence-corrected chi connectivity index (χ0v) is 17.2. The van der Waals surface area contributed by atoms with Crippen molar-refractivity contribution in [2.24, 2.45) is 0 Å². The summed E-state index contributed by atoms with van der Waals surface area (Å²) >= 11 is 0. The lowest BCUT2D eigenvalue weighted by atomic mass is 9.89. The van der Waals surface area contributed by atoms with Gasteiger partial charge in [0.15, 0.2) is 0 Å². The van der Waals surface area contributed by atoms with Crippen LogP contribution >= 0.6 is 0 Å². The minimum atomic E-state index is -0.00286. The van der Waals surface area contributed by atoms with Crippen LogP contribution in [0.3, 0.4) is 0 Å². The predicted molar refractivity (Wildman–Crippen MR) is 119 cm³/mol. The number of benzene rings is 3. The van der Waals surface area contributed by atoms with Crippen molar-refractivity contribution in [2.45, 2.75) is 51.5 Å². The van der Waals surface area contributed by atoms with Gasteiger partial charge in [-0.25, -0.2) is 0 Å². The van der Waals surface area contributed by atoms with E-state index >= 15 is 0 Å². The third-order valence-corrected chi connectivity index (χ3v) is 6.01. The highest BCUT2D eigenvalue weighted by atomic mass is 16.1. The summed E-state index contributed by atoms with van der Waals surface area (Å²) < 4.78 is 0. The molecule has 0 aromatic heterocycles. The van der Waals surface area contributed by atoms with E-state index in [9.17, 15) is 4.79 Å². The van der Waals surface area contributed by atoms with Crippen molar-refractivity contribution < 1.29 is 4.79 Å². The Labute approximate surface area is 174 Å². The Morgan fingerprint density at radius 2 is 1.59 bits per heavy atom. The standard InChI is InChI=1S/C27H29NO/c1-20(24-18-17-22-11-5-6-13-25(22)19-24)28-27(29)26-14-8-7-12-23(26)16-15-21-9-3-2-4-10-21/h2-4,7-10,12,14,17-20H,5-6,11,13,15-16H2,1H3,(H,28,29). The molecule has 2 heteroatoms. The number of hydrogen-bond acceptors (Lipinski definition) is 1. The van der Waals surface area contributed by atoms with E-state index in [0.717, 1.165) is 30.4 Å². The maximum absolute atomic E-state index is 13.0. The van der Waals surface area contributed by atoms with Crippen LogP contribution in [-0.2, 0) is 25.7 Å². The van der Waals surface area contributed by atoms with Gasteiger partial charge in [-0.05, 0) is 79.3 Å². The average Bonchev–Trinajstić information content (AvgIpc) is 2.78. The molecule has 1 atom stereocenters. The summed E-state index contributed by atoms with van der Waals surface area (Å²) in [5, 5.41) is 3.22. The van der Waals surface area contributed by atoms with Crippen molar-refractivity contribution in [3.05, 3.63) is 106 Å². The van der Waals surface area contributed by atoms with Gasteiger partial charge in [-0.1, -0.05) is 66.7 Å². The molecule has 3 aromatic carbocycles. The summed E-state index contributed by atoms with van der Waals surface area (Å²) in [5.74, 6) is 0.0129. The molecule has 1 amide bonds. The first-order chi connectivity index (χ1) is 14.2. The van der Waals surface area contributed by atoms with Gasteiger partial charge in [0.1, 0.15) is 0 Å². The molecule has 3 aromatic rings. The van der Waals surface area contributed by atoms with E-state index in [4.69, 9.17) is 0 Å². The number of carbonyl (C=O) groups excluding carboxylic acids is 1. The molecule has 0 radical (unpaired) electrons. The zero-order chi connectivity index (χ0) is 20.1. The van der Waals surface area contributed by atoms with Crippen LogP contribution < -0.4 is 5.32 Å². The summed E-state index contributed by atoms with van der Waals surface area (Å²) in [7, 11) is 0. The summed E-state index contributed by atoms with van der Waals surface area (Å²) in [6.07, 6.45) is 6.70. The molecule has 1 aliphatic rings. The van der Waals surface area contributed by atoms with E-state index in [0.29, 0.717) is 0 Å². The fourth-order valence-corrected chi connectivity index (χ4v) is 4.26. The highest BCUT2D eigenvalue weighted by molar-refractivity contribution is 5.95. The smallest absolute Gasteiger partial charge is 0.252 e. The summed E-state index contributed by atoms with van der Waals surface area (Å²) in [5.41, 5.74) is 7.31. The number of nitrogens with one attached hydrogen (secondary N) is 1. The van der Waals surface area contributed by atoms with E-state index in [-0.39, 0.29) is 11.9 Å². The molecule has 0 aliphatic heterocycles. The van der Waals surface area contributed by atoms with E-state index in [1.807, 2.05) is 24.3 Å². The summed E-state index contributed by atoms with van der Waals surface area (Å²) in [4.78, 5) is 13.0. The molecule has 1 unspecified atom stereocenters. The van der Waals surface area contributed by atoms with Crippen LogP contribution in [0, 0.1) is 0 Å². The Kier molecular flexibility index (Phi) is 6.09. The molecule has 0 spiro atoms. The van der Waals surface area contributed by atoms with Gasteiger partial charge in [-0.15, -0.1) is 0 Å². The van der Waals surface area contributed by atoms with E-state index in [2.05, 4.69) is 60.8 Å². The highest BCUT2D eigenvalue weighted by Crippen LogP contribution is 2.25. The first-order valence-electron chi connectivity index (χ1n) is 10.7. The first-order valence-corrected chi connectivity index (χ1v) is 10.7. The third kappa shape index (κ3) is 4.76. The highest BCUT2D eigenvalue weighted by Gasteiger charge is 2.16. The molecule has 1 N–H and O–H groups in total. The fraction of sp³-hybridized carbons (Fsp3) is 0.296. The Bertz CT molecular complexity index is 977. The average molecular weight is 384 g/mol. The Hall–Kier alpha value is -2.87. The number of amides is 1. The summed E-state index contributed by atoms with van der Waals surface area (Å²) in [6, 6.07) is 25.1. The Morgan fingerprint density at radius 3 is 2.41 bits per heavy atom. The molecule has 1 aliphatic carbocycles. The molecule has 148 valence electrons. The molecule has 4 rings (SSSR count). The van der Waals surface area contributed by atoms with Crippen LogP contribution in [0.15, 0.2) is 72.8 Å². The van der Waals surface area contributed by atoms with Crippen molar-refractivity contribution in [3.63, 3.8) is 0 Å². The fourth-order valence-electron chi connectivity index (χ4n) is 4.26. The minimum Gasteiger partial charge on any atom is -0.346 e. The van der Waals surface area contributed by atoms with Crippen LogP contribution in [0.5, 0.6) is 0 Å². The second-order valence-corrected chi connectivity index (χ2v) is 8.07. The number of rotatable bonds is 6. The SMILES string of the molecule is CC(NC(=O)c1ccccc1CCc1ccccc1)c1ccc2c(c1)CCCC2. The maximum Gasteiger partial charge on any atom is 0.252 e. The largest absolute Gasteiger partial charge is 0.346 e. The molecule has 0 heterocycles. The van der Waals surface area contributed by atoms with Crippen molar-refractivity contribution in [3.8, 4) is 0 Å². The number of carbonyl (C=O) groups is 1. The van der Waals surface area contributed by atoms with Gasteiger partial charge < -0.3 is 5.32 Å².